The van der Waals surface area contributed by atoms with Gasteiger partial charge in [-0.2, -0.15) is 5.10 Å². The summed E-state index contributed by atoms with van der Waals surface area (Å²) in [7, 11) is 1.69. The molecule has 0 saturated heterocycles. The Labute approximate surface area is 137 Å². The summed E-state index contributed by atoms with van der Waals surface area (Å²) in [5.41, 5.74) is 6.71. The molecule has 0 atom stereocenters. The van der Waals surface area contributed by atoms with Crippen LogP contribution in [0.3, 0.4) is 0 Å². The first kappa shape index (κ1) is 15.3. The van der Waals surface area contributed by atoms with Gasteiger partial charge in [0.25, 0.3) is 0 Å². The predicted octanol–water partition coefficient (Wildman–Crippen LogP) is 4.54. The number of hydrogen-bond acceptors (Lipinski definition) is 2. The monoisotopic (exact) mass is 305 g/mol. The normalized spacial score (nSPS) is 10.8. The van der Waals surface area contributed by atoms with Crippen LogP contribution in [0, 0.1) is 20.8 Å². The summed E-state index contributed by atoms with van der Waals surface area (Å²) in [6.07, 6.45) is 0.798. The molecule has 0 amide bonds. The number of aromatic nitrogens is 2. The molecule has 0 saturated carbocycles. The van der Waals surface area contributed by atoms with Crippen LogP contribution in [0.1, 0.15) is 17.0 Å². The van der Waals surface area contributed by atoms with Gasteiger partial charge < -0.3 is 4.74 Å². The Bertz CT molecular complexity index is 816. The second-order valence-corrected chi connectivity index (χ2v) is 5.61. The van der Waals surface area contributed by atoms with Crippen molar-refractivity contribution in [2.45, 2.75) is 20.3 Å². The first-order valence-electron chi connectivity index (χ1n) is 7.73. The van der Waals surface area contributed by atoms with Gasteiger partial charge in [-0.15, -0.1) is 0 Å². The maximum Gasteiger partial charge on any atom is 0.119 e. The van der Waals surface area contributed by atoms with Crippen LogP contribution in [0.4, 0.5) is 0 Å². The van der Waals surface area contributed by atoms with Gasteiger partial charge >= 0.3 is 0 Å². The van der Waals surface area contributed by atoms with Crippen LogP contribution in [0.15, 0.2) is 48.5 Å². The van der Waals surface area contributed by atoms with Gasteiger partial charge in [-0.3, -0.25) is 0 Å². The van der Waals surface area contributed by atoms with Crippen molar-refractivity contribution in [1.82, 2.24) is 9.78 Å². The standard InChI is InChI=1S/C20H21N2O/c1-5-16-9-11-18(12-10-16)22-15(3)20(14(2)21-22)17-7-6-8-19(13-17)23-4/h6-13H,1,5H2,2-4H3. The minimum atomic E-state index is 0.798. The van der Waals surface area contributed by atoms with Crippen LogP contribution in [0.2, 0.25) is 0 Å². The van der Waals surface area contributed by atoms with E-state index in [9.17, 15) is 0 Å². The summed E-state index contributed by atoms with van der Waals surface area (Å²) in [6.45, 7) is 8.06. The van der Waals surface area contributed by atoms with E-state index in [1.165, 1.54) is 5.56 Å². The Hall–Kier alpha value is -2.55. The molecule has 3 nitrogen and oxygen atoms in total. The molecular weight excluding hydrogens is 284 g/mol. The Morgan fingerprint density at radius 1 is 1.09 bits per heavy atom. The molecule has 0 aliphatic carbocycles. The fourth-order valence-electron chi connectivity index (χ4n) is 2.89. The second-order valence-electron chi connectivity index (χ2n) is 5.61. The Morgan fingerprint density at radius 2 is 1.83 bits per heavy atom. The van der Waals surface area contributed by atoms with Crippen LogP contribution in [-0.2, 0) is 6.42 Å². The smallest absolute Gasteiger partial charge is 0.119 e. The summed E-state index contributed by atoms with van der Waals surface area (Å²) in [5, 5.41) is 4.73. The summed E-state index contributed by atoms with van der Waals surface area (Å²) in [5.74, 6) is 0.855. The zero-order valence-corrected chi connectivity index (χ0v) is 13.8. The first-order chi connectivity index (χ1) is 11.1. The van der Waals surface area contributed by atoms with E-state index in [-0.39, 0.29) is 0 Å². The molecule has 3 heteroatoms. The van der Waals surface area contributed by atoms with E-state index in [1.54, 1.807) is 7.11 Å². The average molecular weight is 305 g/mol. The van der Waals surface area contributed by atoms with E-state index >= 15 is 0 Å². The van der Waals surface area contributed by atoms with E-state index < -0.39 is 0 Å². The highest BCUT2D eigenvalue weighted by Gasteiger charge is 2.15. The maximum absolute atomic E-state index is 5.34. The molecule has 117 valence electrons. The molecule has 2 aromatic carbocycles. The van der Waals surface area contributed by atoms with Crippen molar-refractivity contribution in [2.24, 2.45) is 0 Å². The summed E-state index contributed by atoms with van der Waals surface area (Å²) >= 11 is 0. The summed E-state index contributed by atoms with van der Waals surface area (Å²) in [4.78, 5) is 0. The number of hydrogen-bond donors (Lipinski definition) is 0. The lowest BCUT2D eigenvalue weighted by molar-refractivity contribution is 0.415. The van der Waals surface area contributed by atoms with Crippen molar-refractivity contribution >= 4 is 0 Å². The van der Waals surface area contributed by atoms with Crippen LogP contribution in [0.25, 0.3) is 16.8 Å². The predicted molar refractivity (Wildman–Crippen MR) is 94.1 cm³/mol. The summed E-state index contributed by atoms with van der Waals surface area (Å²) in [6, 6.07) is 16.5. The molecule has 3 aromatic rings. The van der Waals surface area contributed by atoms with Crippen LogP contribution in [0.5, 0.6) is 5.75 Å². The fraction of sp³-hybridized carbons (Fsp3) is 0.200. The first-order valence-corrected chi connectivity index (χ1v) is 7.73. The highest BCUT2D eigenvalue weighted by molar-refractivity contribution is 5.70. The summed E-state index contributed by atoms with van der Waals surface area (Å²) < 4.78 is 7.34. The van der Waals surface area contributed by atoms with E-state index in [0.717, 1.165) is 40.4 Å². The lowest BCUT2D eigenvalue weighted by Gasteiger charge is -2.07. The molecular formula is C20H21N2O. The van der Waals surface area contributed by atoms with Crippen LogP contribution >= 0.6 is 0 Å². The Kier molecular flexibility index (Phi) is 4.20. The molecule has 1 aromatic heterocycles. The van der Waals surface area contributed by atoms with Gasteiger partial charge in [-0.1, -0.05) is 24.3 Å². The minimum absolute atomic E-state index is 0.798. The van der Waals surface area contributed by atoms with Crippen molar-refractivity contribution < 1.29 is 4.74 Å². The molecule has 0 fully saturated rings. The van der Waals surface area contributed by atoms with Crippen LogP contribution in [-0.4, -0.2) is 16.9 Å². The van der Waals surface area contributed by atoms with Gasteiger partial charge in [0.2, 0.25) is 0 Å². The fourth-order valence-corrected chi connectivity index (χ4v) is 2.89. The molecule has 0 bridgehead atoms. The average Bonchev–Trinajstić information content (AvgIpc) is 2.89. The van der Waals surface area contributed by atoms with Gasteiger partial charge in [0.15, 0.2) is 0 Å². The number of methoxy groups -OCH3 is 1. The topological polar surface area (TPSA) is 27.1 Å². The second kappa shape index (κ2) is 6.29. The zero-order valence-electron chi connectivity index (χ0n) is 13.8. The van der Waals surface area contributed by atoms with Gasteiger partial charge in [0, 0.05) is 11.3 Å². The SMILES string of the molecule is [CH2]Cc1ccc(-n2nc(C)c(-c3cccc(OC)c3)c2C)cc1. The molecule has 0 unspecified atom stereocenters. The third-order valence-corrected chi connectivity index (χ3v) is 4.12. The molecule has 3 rings (SSSR count). The van der Waals surface area contributed by atoms with Crippen molar-refractivity contribution in [2.75, 3.05) is 7.11 Å². The number of benzene rings is 2. The van der Waals surface area contributed by atoms with Crippen LogP contribution < -0.4 is 4.74 Å². The highest BCUT2D eigenvalue weighted by atomic mass is 16.5. The number of ether oxygens (including phenoxy) is 1. The lowest BCUT2D eigenvalue weighted by Crippen LogP contribution is -1.99. The van der Waals surface area contributed by atoms with Crippen molar-refractivity contribution in [3.8, 4) is 22.6 Å². The Balaban J connectivity index is 2.08. The molecule has 1 radical (unpaired) electrons. The van der Waals surface area contributed by atoms with Gasteiger partial charge in [0.05, 0.1) is 18.5 Å². The van der Waals surface area contributed by atoms with Gasteiger partial charge in [-0.05, 0) is 62.6 Å². The molecule has 0 spiro atoms. The maximum atomic E-state index is 5.34. The quantitative estimate of drug-likeness (QED) is 0.707. The van der Waals surface area contributed by atoms with E-state index in [2.05, 4.69) is 44.2 Å². The van der Waals surface area contributed by atoms with Gasteiger partial charge in [-0.25, -0.2) is 4.68 Å². The number of rotatable bonds is 4. The van der Waals surface area contributed by atoms with E-state index in [0.29, 0.717) is 0 Å². The third kappa shape index (κ3) is 2.87. The Morgan fingerprint density at radius 3 is 2.48 bits per heavy atom. The van der Waals surface area contributed by atoms with Crippen molar-refractivity contribution in [3.05, 3.63) is 72.4 Å². The molecule has 1 heterocycles. The van der Waals surface area contributed by atoms with Crippen molar-refractivity contribution in [3.63, 3.8) is 0 Å². The van der Waals surface area contributed by atoms with Gasteiger partial charge in [0.1, 0.15) is 5.75 Å². The molecule has 0 N–H and O–H groups in total. The van der Waals surface area contributed by atoms with E-state index in [1.807, 2.05) is 29.8 Å². The van der Waals surface area contributed by atoms with E-state index in [4.69, 9.17) is 9.84 Å². The number of aryl methyl sites for hydroxylation is 1. The minimum Gasteiger partial charge on any atom is -0.497 e. The third-order valence-electron chi connectivity index (χ3n) is 4.12. The van der Waals surface area contributed by atoms with Crippen molar-refractivity contribution in [1.29, 1.82) is 0 Å². The largest absolute Gasteiger partial charge is 0.497 e. The zero-order chi connectivity index (χ0) is 16.4. The molecule has 0 aliphatic rings. The highest BCUT2D eigenvalue weighted by Crippen LogP contribution is 2.30. The molecule has 23 heavy (non-hydrogen) atoms. The number of nitrogens with zero attached hydrogens (tertiary/aromatic N) is 2. The lowest BCUT2D eigenvalue weighted by atomic mass is 10.0. The molecule has 0 aliphatic heterocycles.